The molecule has 0 spiro atoms. The summed E-state index contributed by atoms with van der Waals surface area (Å²) in [6.45, 7) is 2.03. The van der Waals surface area contributed by atoms with Gasteiger partial charge in [-0.15, -0.1) is 0 Å². The van der Waals surface area contributed by atoms with E-state index in [1.807, 2.05) is 13.2 Å². The topological polar surface area (TPSA) is 92.6 Å². The van der Waals surface area contributed by atoms with Gasteiger partial charge in [0.05, 0.1) is 0 Å². The average Bonchev–Trinajstić information content (AvgIpc) is 3.15. The smallest absolute Gasteiger partial charge is 0.181 e. The third-order valence-corrected chi connectivity index (χ3v) is 3.58. The first-order chi connectivity index (χ1) is 10.3. The SMILES string of the molecule is CN/C=C\C(N)=Nc1cc(C2CCNC2)cn2ncnc12. The number of pyridine rings is 1. The first-order valence-electron chi connectivity index (χ1n) is 7.00. The third kappa shape index (κ3) is 2.87. The van der Waals surface area contributed by atoms with Crippen LogP contribution in [0.4, 0.5) is 5.69 Å². The summed E-state index contributed by atoms with van der Waals surface area (Å²) in [5.41, 5.74) is 8.58. The fraction of sp³-hybridized carbons (Fsp3) is 0.357. The lowest BCUT2D eigenvalue weighted by atomic mass is 10.00. The minimum atomic E-state index is 0.427. The highest BCUT2D eigenvalue weighted by molar-refractivity contribution is 5.94. The highest BCUT2D eigenvalue weighted by Gasteiger charge is 2.18. The summed E-state index contributed by atoms with van der Waals surface area (Å²) >= 11 is 0. The van der Waals surface area contributed by atoms with Crippen LogP contribution < -0.4 is 16.4 Å². The molecule has 7 nitrogen and oxygen atoms in total. The van der Waals surface area contributed by atoms with Crippen molar-refractivity contribution >= 4 is 17.2 Å². The summed E-state index contributed by atoms with van der Waals surface area (Å²) in [5, 5.41) is 10.5. The Kier molecular flexibility index (Phi) is 3.83. The maximum absolute atomic E-state index is 5.91. The molecule has 0 aliphatic carbocycles. The summed E-state index contributed by atoms with van der Waals surface area (Å²) < 4.78 is 1.77. The molecule has 1 unspecified atom stereocenters. The summed E-state index contributed by atoms with van der Waals surface area (Å²) in [6, 6.07) is 2.06. The number of fused-ring (bicyclic) bond motifs is 1. The van der Waals surface area contributed by atoms with E-state index in [1.165, 1.54) is 11.9 Å². The maximum atomic E-state index is 5.91. The Labute approximate surface area is 123 Å². The fourth-order valence-electron chi connectivity index (χ4n) is 2.52. The normalized spacial score (nSPS) is 19.7. The van der Waals surface area contributed by atoms with Gasteiger partial charge in [-0.25, -0.2) is 14.5 Å². The first kappa shape index (κ1) is 13.6. The van der Waals surface area contributed by atoms with Crippen LogP contribution in [0, 0.1) is 0 Å². The maximum Gasteiger partial charge on any atom is 0.181 e. The lowest BCUT2D eigenvalue weighted by Gasteiger charge is -2.10. The number of aromatic nitrogens is 3. The van der Waals surface area contributed by atoms with Crippen molar-refractivity contribution in [1.82, 2.24) is 25.2 Å². The second-order valence-electron chi connectivity index (χ2n) is 5.04. The van der Waals surface area contributed by atoms with Gasteiger partial charge in [-0.2, -0.15) is 5.10 Å². The molecule has 1 aliphatic heterocycles. The van der Waals surface area contributed by atoms with Crippen molar-refractivity contribution in [2.75, 3.05) is 20.1 Å². The molecule has 2 aromatic rings. The lowest BCUT2D eigenvalue weighted by Crippen LogP contribution is -2.10. The minimum absolute atomic E-state index is 0.427. The van der Waals surface area contributed by atoms with Crippen molar-refractivity contribution in [3.05, 3.63) is 36.4 Å². The molecular formula is C14H19N7. The molecule has 0 amide bonds. The van der Waals surface area contributed by atoms with Crippen molar-refractivity contribution in [2.24, 2.45) is 10.7 Å². The lowest BCUT2D eigenvalue weighted by molar-refractivity contribution is 0.751. The predicted molar refractivity (Wildman–Crippen MR) is 82.7 cm³/mol. The van der Waals surface area contributed by atoms with Crippen LogP contribution in [-0.2, 0) is 0 Å². The van der Waals surface area contributed by atoms with Gasteiger partial charge in [-0.05, 0) is 42.8 Å². The number of rotatable bonds is 4. The van der Waals surface area contributed by atoms with E-state index in [1.54, 1.807) is 16.8 Å². The molecule has 3 heterocycles. The van der Waals surface area contributed by atoms with E-state index in [0.29, 0.717) is 17.4 Å². The number of nitrogens with one attached hydrogen (secondary N) is 2. The Balaban J connectivity index is 2.03. The predicted octanol–water partition coefficient (Wildman–Crippen LogP) is 0.528. The number of nitrogens with zero attached hydrogens (tertiary/aromatic N) is 4. The van der Waals surface area contributed by atoms with Gasteiger partial charge in [0, 0.05) is 19.8 Å². The average molecular weight is 285 g/mol. The number of hydrogen-bond acceptors (Lipinski definition) is 5. The molecule has 21 heavy (non-hydrogen) atoms. The van der Waals surface area contributed by atoms with E-state index in [2.05, 4.69) is 31.8 Å². The molecule has 4 N–H and O–H groups in total. The van der Waals surface area contributed by atoms with E-state index in [4.69, 9.17) is 5.73 Å². The zero-order valence-electron chi connectivity index (χ0n) is 12.0. The zero-order chi connectivity index (χ0) is 14.7. The van der Waals surface area contributed by atoms with Gasteiger partial charge in [-0.3, -0.25) is 0 Å². The Hall–Kier alpha value is -2.41. The molecular weight excluding hydrogens is 266 g/mol. The van der Waals surface area contributed by atoms with Crippen LogP contribution in [0.1, 0.15) is 17.9 Å². The van der Waals surface area contributed by atoms with Crippen LogP contribution in [0.5, 0.6) is 0 Å². The van der Waals surface area contributed by atoms with Gasteiger partial charge in [0.15, 0.2) is 5.65 Å². The second kappa shape index (κ2) is 5.92. The molecule has 7 heteroatoms. The summed E-state index contributed by atoms with van der Waals surface area (Å²) in [7, 11) is 1.81. The van der Waals surface area contributed by atoms with Crippen LogP contribution >= 0.6 is 0 Å². The molecule has 0 aromatic carbocycles. The van der Waals surface area contributed by atoms with Gasteiger partial charge in [0.1, 0.15) is 17.9 Å². The van der Waals surface area contributed by atoms with Gasteiger partial charge in [-0.1, -0.05) is 0 Å². The molecule has 1 aliphatic rings. The van der Waals surface area contributed by atoms with Crippen molar-refractivity contribution in [3.63, 3.8) is 0 Å². The Morgan fingerprint density at radius 2 is 2.52 bits per heavy atom. The number of aliphatic imine (C=N–C) groups is 1. The van der Waals surface area contributed by atoms with Crippen molar-refractivity contribution in [3.8, 4) is 0 Å². The highest BCUT2D eigenvalue weighted by Crippen LogP contribution is 2.28. The molecule has 3 rings (SSSR count). The van der Waals surface area contributed by atoms with Crippen LogP contribution in [0.25, 0.3) is 5.65 Å². The largest absolute Gasteiger partial charge is 0.394 e. The first-order valence-corrected chi connectivity index (χ1v) is 7.00. The highest BCUT2D eigenvalue weighted by atomic mass is 15.3. The van der Waals surface area contributed by atoms with E-state index >= 15 is 0 Å². The Bertz CT molecular complexity index is 680. The summed E-state index contributed by atoms with van der Waals surface area (Å²) in [6.07, 6.45) is 8.14. The summed E-state index contributed by atoms with van der Waals surface area (Å²) in [4.78, 5) is 8.71. The standard InChI is InChI=1S/C14H19N7/c1-16-4-3-13(15)20-12-6-11(10-2-5-17-7-10)8-21-14(12)18-9-19-21/h3-4,6,8-10,16-17H,2,5,7H2,1H3,(H2,15,20)/b4-3-. The van der Waals surface area contributed by atoms with Crippen molar-refractivity contribution in [1.29, 1.82) is 0 Å². The van der Waals surface area contributed by atoms with Gasteiger partial charge < -0.3 is 16.4 Å². The molecule has 0 radical (unpaired) electrons. The molecule has 1 atom stereocenters. The quantitative estimate of drug-likeness (QED) is 0.563. The van der Waals surface area contributed by atoms with Crippen molar-refractivity contribution < 1.29 is 0 Å². The number of amidine groups is 1. The van der Waals surface area contributed by atoms with Gasteiger partial charge >= 0.3 is 0 Å². The van der Waals surface area contributed by atoms with Crippen LogP contribution in [-0.4, -0.2) is 40.6 Å². The molecule has 1 fully saturated rings. The Morgan fingerprint density at radius 1 is 1.62 bits per heavy atom. The number of nitrogens with two attached hydrogens (primary N) is 1. The van der Waals surface area contributed by atoms with E-state index in [9.17, 15) is 0 Å². The summed E-state index contributed by atoms with van der Waals surface area (Å²) in [5.74, 6) is 0.914. The Morgan fingerprint density at radius 3 is 3.29 bits per heavy atom. The number of hydrogen-bond donors (Lipinski definition) is 3. The van der Waals surface area contributed by atoms with Gasteiger partial charge in [0.2, 0.25) is 0 Å². The molecule has 0 saturated carbocycles. The van der Waals surface area contributed by atoms with Gasteiger partial charge in [0.25, 0.3) is 0 Å². The molecule has 0 bridgehead atoms. The van der Waals surface area contributed by atoms with E-state index < -0.39 is 0 Å². The monoisotopic (exact) mass is 285 g/mol. The van der Waals surface area contributed by atoms with E-state index in [0.717, 1.165) is 25.2 Å². The van der Waals surface area contributed by atoms with Crippen LogP contribution in [0.15, 0.2) is 35.9 Å². The third-order valence-electron chi connectivity index (χ3n) is 3.58. The zero-order valence-corrected chi connectivity index (χ0v) is 12.0. The minimum Gasteiger partial charge on any atom is -0.394 e. The van der Waals surface area contributed by atoms with Crippen molar-refractivity contribution in [2.45, 2.75) is 12.3 Å². The van der Waals surface area contributed by atoms with Crippen LogP contribution in [0.2, 0.25) is 0 Å². The molecule has 1 saturated heterocycles. The molecule has 110 valence electrons. The molecule has 2 aromatic heterocycles. The fourth-order valence-corrected chi connectivity index (χ4v) is 2.52. The van der Waals surface area contributed by atoms with E-state index in [-0.39, 0.29) is 0 Å². The van der Waals surface area contributed by atoms with Crippen LogP contribution in [0.3, 0.4) is 0 Å². The second-order valence-corrected chi connectivity index (χ2v) is 5.04.